The van der Waals surface area contributed by atoms with Crippen molar-refractivity contribution in [3.8, 4) is 0 Å². The van der Waals surface area contributed by atoms with E-state index in [2.05, 4.69) is 9.98 Å². The lowest BCUT2D eigenvalue weighted by atomic mass is 10.0. The van der Waals surface area contributed by atoms with Gasteiger partial charge in [-0.05, 0) is 29.7 Å². The van der Waals surface area contributed by atoms with Gasteiger partial charge in [-0.1, -0.05) is 34.8 Å². The van der Waals surface area contributed by atoms with Crippen molar-refractivity contribution >= 4 is 63.7 Å². The van der Waals surface area contributed by atoms with Crippen LogP contribution in [0.2, 0.25) is 10.0 Å². The molecule has 0 radical (unpaired) electrons. The molecule has 0 bridgehead atoms. The number of benzene rings is 1. The molecule has 0 saturated carbocycles. The van der Waals surface area contributed by atoms with Crippen molar-refractivity contribution in [1.82, 2.24) is 4.90 Å². The Morgan fingerprint density at radius 1 is 1.30 bits per heavy atom. The largest absolute Gasteiger partial charge is 0.611 e. The van der Waals surface area contributed by atoms with Gasteiger partial charge >= 0.3 is 6.18 Å². The zero-order chi connectivity index (χ0) is 20.4. The van der Waals surface area contributed by atoms with E-state index in [1.54, 1.807) is 31.3 Å². The number of allylic oxidation sites excluding steroid dienone is 1. The monoisotopic (exact) mass is 459 g/mol. The molecular formula is C16H15Cl3F3N3OS. The van der Waals surface area contributed by atoms with E-state index in [-0.39, 0.29) is 26.5 Å². The molecule has 1 aliphatic rings. The Hall–Kier alpha value is -0.930. The Balaban J connectivity index is 2.42. The molecule has 0 saturated heterocycles. The lowest BCUT2D eigenvalue weighted by Crippen LogP contribution is -2.31. The molecule has 2 atom stereocenters. The summed E-state index contributed by atoms with van der Waals surface area (Å²) in [6.45, 7) is 0. The van der Waals surface area contributed by atoms with Gasteiger partial charge in [-0.2, -0.15) is 13.2 Å². The zero-order valence-corrected chi connectivity index (χ0v) is 17.3. The number of halogens is 6. The Labute approximate surface area is 172 Å². The molecular weight excluding hydrogens is 446 g/mol. The van der Waals surface area contributed by atoms with E-state index in [1.807, 2.05) is 0 Å². The van der Waals surface area contributed by atoms with Gasteiger partial charge in [-0.15, -0.1) is 0 Å². The summed E-state index contributed by atoms with van der Waals surface area (Å²) in [7, 11) is 3.53. The minimum Gasteiger partial charge on any atom is -0.611 e. The molecule has 4 nitrogen and oxygen atoms in total. The first-order valence-corrected chi connectivity index (χ1v) is 10.0. The third-order valence-corrected chi connectivity index (χ3v) is 5.88. The first-order valence-electron chi connectivity index (χ1n) is 7.58. The number of aliphatic imine (C=N–C) groups is 2. The highest BCUT2D eigenvalue weighted by Crippen LogP contribution is 2.36. The highest BCUT2D eigenvalue weighted by atomic mass is 35.5. The second kappa shape index (κ2) is 9.05. The fourth-order valence-electron chi connectivity index (χ4n) is 2.31. The second-order valence-corrected chi connectivity index (χ2v) is 8.47. The summed E-state index contributed by atoms with van der Waals surface area (Å²) >= 11 is 15.5. The molecule has 1 aromatic carbocycles. The van der Waals surface area contributed by atoms with Crippen LogP contribution < -0.4 is 0 Å². The number of rotatable bonds is 4. The quantitative estimate of drug-likeness (QED) is 0.260. The number of amidine groups is 1. The van der Waals surface area contributed by atoms with E-state index in [0.717, 1.165) is 0 Å². The van der Waals surface area contributed by atoms with Gasteiger partial charge < -0.3 is 9.45 Å². The van der Waals surface area contributed by atoms with Gasteiger partial charge in [-0.3, -0.25) is 0 Å². The topological polar surface area (TPSA) is 51.0 Å². The molecule has 1 aliphatic heterocycles. The summed E-state index contributed by atoms with van der Waals surface area (Å²) in [5, 5.41) is 0.397. The van der Waals surface area contributed by atoms with Crippen molar-refractivity contribution in [3.05, 3.63) is 33.4 Å². The summed E-state index contributed by atoms with van der Waals surface area (Å²) in [5.74, 6) is -1.13. The molecule has 2 unspecified atom stereocenters. The zero-order valence-electron chi connectivity index (χ0n) is 14.2. The predicted octanol–water partition coefficient (Wildman–Crippen LogP) is 5.43. The number of hydrogen-bond donors (Lipinski definition) is 0. The highest BCUT2D eigenvalue weighted by molar-refractivity contribution is 7.91. The van der Waals surface area contributed by atoms with E-state index in [1.165, 1.54) is 12.1 Å². The lowest BCUT2D eigenvalue weighted by molar-refractivity contribution is -0.106. The van der Waals surface area contributed by atoms with E-state index in [4.69, 9.17) is 34.8 Å². The second-order valence-electron chi connectivity index (χ2n) is 5.85. The average Bonchev–Trinajstić information content (AvgIpc) is 2.53. The molecule has 2 rings (SSSR count). The fraction of sp³-hybridized carbons (Fsp3) is 0.375. The summed E-state index contributed by atoms with van der Waals surface area (Å²) < 4.78 is 49.8. The molecule has 1 heterocycles. The Bertz CT molecular complexity index is 797. The lowest BCUT2D eigenvalue weighted by Gasteiger charge is -2.23. The fourth-order valence-corrected chi connectivity index (χ4v) is 4.12. The minimum absolute atomic E-state index is 0.109. The van der Waals surface area contributed by atoms with Crippen LogP contribution in [0.4, 0.5) is 18.9 Å². The molecule has 11 heteroatoms. The van der Waals surface area contributed by atoms with Crippen LogP contribution in [0.1, 0.15) is 6.42 Å². The van der Waals surface area contributed by atoms with Crippen LogP contribution in [0, 0.1) is 5.92 Å². The summed E-state index contributed by atoms with van der Waals surface area (Å²) in [6.07, 6.45) is -0.667. The molecule has 148 valence electrons. The smallest absolute Gasteiger partial charge is 0.433 e. The van der Waals surface area contributed by atoms with Crippen molar-refractivity contribution in [1.29, 1.82) is 0 Å². The molecule has 27 heavy (non-hydrogen) atoms. The Kier molecular flexibility index (Phi) is 7.49. The first kappa shape index (κ1) is 22.4. The number of alkyl halides is 3. The van der Waals surface area contributed by atoms with Crippen molar-refractivity contribution < 1.29 is 17.7 Å². The SMILES string of the molecule is CN(C)/C(=N\c1cc([S+]([O-])CC(F)(F)F)c(Cl)cc1Cl)C1C=NC(Cl)=CC1. The maximum atomic E-state index is 12.6. The van der Waals surface area contributed by atoms with Gasteiger partial charge in [0.25, 0.3) is 0 Å². The average molecular weight is 461 g/mol. The van der Waals surface area contributed by atoms with Crippen LogP contribution in [0.15, 0.2) is 38.2 Å². The maximum Gasteiger partial charge on any atom is 0.433 e. The van der Waals surface area contributed by atoms with Gasteiger partial charge in [0.1, 0.15) is 11.0 Å². The number of hydrogen-bond acceptors (Lipinski definition) is 3. The van der Waals surface area contributed by atoms with Crippen LogP contribution in [0.25, 0.3) is 0 Å². The standard InChI is InChI=1S/C16H15Cl3F3N3OS/c1-25(2)15(9-3-4-14(19)23-7-9)24-12-6-13(11(18)5-10(12)17)27(26)8-16(20,21)22/h4-7,9H,3,8H2,1-2H3/b24-15-. The van der Waals surface area contributed by atoms with Gasteiger partial charge in [0.15, 0.2) is 4.90 Å². The number of nitrogens with zero attached hydrogens (tertiary/aromatic N) is 3. The third-order valence-electron chi connectivity index (χ3n) is 3.48. The minimum atomic E-state index is -4.59. The van der Waals surface area contributed by atoms with Crippen LogP contribution >= 0.6 is 34.8 Å². The third kappa shape index (κ3) is 6.29. The van der Waals surface area contributed by atoms with E-state index < -0.39 is 23.1 Å². The van der Waals surface area contributed by atoms with Gasteiger partial charge in [0.2, 0.25) is 5.75 Å². The predicted molar refractivity (Wildman–Crippen MR) is 105 cm³/mol. The van der Waals surface area contributed by atoms with Crippen LogP contribution in [-0.4, -0.2) is 47.5 Å². The molecule has 0 fully saturated rings. The van der Waals surface area contributed by atoms with E-state index >= 15 is 0 Å². The summed E-state index contributed by atoms with van der Waals surface area (Å²) in [5.41, 5.74) is 0.171. The van der Waals surface area contributed by atoms with Crippen LogP contribution in [0.5, 0.6) is 0 Å². The van der Waals surface area contributed by atoms with Crippen molar-refractivity contribution in [2.75, 3.05) is 19.8 Å². The molecule has 0 aliphatic carbocycles. The summed E-state index contributed by atoms with van der Waals surface area (Å²) in [4.78, 5) is 10.1. The van der Waals surface area contributed by atoms with Crippen molar-refractivity contribution in [3.63, 3.8) is 0 Å². The van der Waals surface area contributed by atoms with Crippen LogP contribution in [0.3, 0.4) is 0 Å². The van der Waals surface area contributed by atoms with E-state index in [0.29, 0.717) is 17.4 Å². The molecule has 0 aromatic heterocycles. The molecule has 1 aromatic rings. The van der Waals surface area contributed by atoms with Crippen molar-refractivity contribution in [2.45, 2.75) is 17.5 Å². The molecule has 0 N–H and O–H groups in total. The van der Waals surface area contributed by atoms with Gasteiger partial charge in [-0.25, -0.2) is 9.98 Å². The van der Waals surface area contributed by atoms with E-state index in [9.17, 15) is 17.7 Å². The highest BCUT2D eigenvalue weighted by Gasteiger charge is 2.36. The van der Waals surface area contributed by atoms with Gasteiger partial charge in [0.05, 0.1) is 21.7 Å². The maximum absolute atomic E-state index is 12.6. The Morgan fingerprint density at radius 3 is 2.48 bits per heavy atom. The van der Waals surface area contributed by atoms with Crippen LogP contribution in [-0.2, 0) is 11.2 Å². The Morgan fingerprint density at radius 2 is 1.96 bits per heavy atom. The summed E-state index contributed by atoms with van der Waals surface area (Å²) in [6, 6.07) is 2.46. The van der Waals surface area contributed by atoms with Crippen molar-refractivity contribution in [2.24, 2.45) is 15.9 Å². The molecule has 0 spiro atoms. The van der Waals surface area contributed by atoms with Gasteiger partial charge in [0, 0.05) is 26.4 Å². The molecule has 0 amide bonds. The normalized spacial score (nSPS) is 19.1. The first-order chi connectivity index (χ1) is 12.5.